The van der Waals surface area contributed by atoms with Gasteiger partial charge in [-0.15, -0.1) is 0 Å². The molecule has 0 saturated carbocycles. The fourth-order valence-electron chi connectivity index (χ4n) is 9.26. The number of benzene rings is 7. The van der Waals surface area contributed by atoms with Crippen LogP contribution in [0.25, 0.3) is 33.5 Å². The van der Waals surface area contributed by atoms with Crippen molar-refractivity contribution in [2.45, 2.75) is 18.2 Å². The molecule has 0 bridgehead atoms. The lowest BCUT2D eigenvalue weighted by Gasteiger charge is -2.42. The molecule has 0 spiro atoms. The van der Waals surface area contributed by atoms with Crippen molar-refractivity contribution in [3.05, 3.63) is 211 Å². The second-order valence-corrected chi connectivity index (χ2v) is 18.6. The van der Waals surface area contributed by atoms with Gasteiger partial charge in [0.2, 0.25) is 17.6 Å². The standard InChI is InChI=1S/C50H35N7O3Si/c1-3-16-35(17-4-1)61(36-18-5-2-6-19-36,37-20-13-15-34(29-37)56-42-25-10-11-26-43(42)57-41-24-9-8-23-40(41)55-49(56)57)45-28-14-22-39-48(45)58-44-27-12-7-21-38(44)50(39,30-46-51-32-53-59-46)31-47-52-33-54-60-47/h1-29,32-33H,30-31H2/i30D2,31D2. The Morgan fingerprint density at radius 3 is 1.85 bits per heavy atom. The maximum absolute atomic E-state index is 10.1. The van der Waals surface area contributed by atoms with E-state index in [1.54, 1.807) is 30.3 Å². The minimum atomic E-state index is -3.64. The first-order valence-corrected chi connectivity index (χ1v) is 21.8. The summed E-state index contributed by atoms with van der Waals surface area (Å²) in [7, 11) is -3.64. The highest BCUT2D eigenvalue weighted by molar-refractivity contribution is 7.20. The summed E-state index contributed by atoms with van der Waals surface area (Å²) < 4.78 is 63.2. The van der Waals surface area contributed by atoms with Gasteiger partial charge in [-0.1, -0.05) is 144 Å². The largest absolute Gasteiger partial charge is 0.457 e. The molecule has 12 rings (SSSR count). The number of nitrogens with zero attached hydrogens (tertiary/aromatic N) is 7. The van der Waals surface area contributed by atoms with Crippen LogP contribution in [0.2, 0.25) is 0 Å². The third-order valence-corrected chi connectivity index (χ3v) is 16.5. The number of para-hydroxylation sites is 6. The zero-order valence-electron chi connectivity index (χ0n) is 36.3. The lowest BCUT2D eigenvalue weighted by Crippen LogP contribution is -2.75. The summed E-state index contributed by atoms with van der Waals surface area (Å²) in [6.45, 7) is 0. The molecule has 0 saturated heterocycles. The van der Waals surface area contributed by atoms with E-state index in [-0.39, 0.29) is 22.6 Å². The first-order valence-electron chi connectivity index (χ1n) is 21.8. The molecule has 4 aromatic heterocycles. The molecule has 10 nitrogen and oxygen atoms in total. The molecule has 61 heavy (non-hydrogen) atoms. The van der Waals surface area contributed by atoms with Crippen molar-refractivity contribution in [1.82, 2.24) is 34.2 Å². The van der Waals surface area contributed by atoms with Crippen molar-refractivity contribution in [2.24, 2.45) is 0 Å². The van der Waals surface area contributed by atoms with Gasteiger partial charge in [0.15, 0.2) is 20.7 Å². The van der Waals surface area contributed by atoms with E-state index in [0.717, 1.165) is 66.9 Å². The van der Waals surface area contributed by atoms with Crippen LogP contribution >= 0.6 is 0 Å². The van der Waals surface area contributed by atoms with Crippen molar-refractivity contribution in [3.8, 4) is 17.2 Å². The van der Waals surface area contributed by atoms with Gasteiger partial charge in [0.1, 0.15) is 11.5 Å². The lowest BCUT2D eigenvalue weighted by molar-refractivity contribution is 0.299. The Balaban J connectivity index is 1.22. The van der Waals surface area contributed by atoms with Crippen molar-refractivity contribution in [3.63, 3.8) is 0 Å². The second-order valence-electron chi connectivity index (χ2n) is 14.9. The van der Waals surface area contributed by atoms with Crippen LogP contribution in [0.4, 0.5) is 0 Å². The topological polar surface area (TPSA) is 109 Å². The molecule has 0 fully saturated rings. The molecule has 0 aliphatic carbocycles. The zero-order valence-corrected chi connectivity index (χ0v) is 33.3. The van der Waals surface area contributed by atoms with Gasteiger partial charge in [0.25, 0.3) is 0 Å². The quantitative estimate of drug-likeness (QED) is 0.109. The van der Waals surface area contributed by atoms with Crippen LogP contribution in [0.3, 0.4) is 0 Å². The lowest BCUT2D eigenvalue weighted by atomic mass is 9.68. The van der Waals surface area contributed by atoms with Gasteiger partial charge in [-0.05, 0) is 63.2 Å². The maximum Gasteiger partial charge on any atom is 0.227 e. The Bertz CT molecular complexity index is 3480. The summed E-state index contributed by atoms with van der Waals surface area (Å²) in [5, 5.41) is 11.4. The molecular formula is C50H35N7O3Si. The van der Waals surface area contributed by atoms with Crippen LogP contribution in [0.5, 0.6) is 11.5 Å². The Kier molecular flexibility index (Phi) is 7.06. The van der Waals surface area contributed by atoms with E-state index in [4.69, 9.17) is 18.8 Å². The van der Waals surface area contributed by atoms with E-state index in [0.29, 0.717) is 0 Å². The first-order chi connectivity index (χ1) is 31.8. The third kappa shape index (κ3) is 5.30. The Hall–Kier alpha value is -7.89. The minimum absolute atomic E-state index is 0.195. The molecule has 0 N–H and O–H groups in total. The number of rotatable bonds is 9. The Morgan fingerprint density at radius 2 is 1.15 bits per heavy atom. The van der Waals surface area contributed by atoms with E-state index < -0.39 is 38.0 Å². The van der Waals surface area contributed by atoms with Crippen molar-refractivity contribution >= 4 is 56.7 Å². The van der Waals surface area contributed by atoms with Gasteiger partial charge < -0.3 is 13.8 Å². The molecule has 11 aromatic rings. The number of hydrogen-bond donors (Lipinski definition) is 0. The molecule has 0 radical (unpaired) electrons. The normalized spacial score (nSPS) is 14.8. The fourth-order valence-corrected chi connectivity index (χ4v) is 14.2. The van der Waals surface area contributed by atoms with Gasteiger partial charge in [-0.2, -0.15) is 9.97 Å². The summed E-state index contributed by atoms with van der Waals surface area (Å²) in [6, 6.07) is 58.1. The number of aromatic nitrogens is 7. The molecule has 1 aliphatic heterocycles. The minimum Gasteiger partial charge on any atom is -0.457 e. The average Bonchev–Trinajstić information content (AvgIpc) is 4.19. The van der Waals surface area contributed by atoms with Crippen LogP contribution in [0.15, 0.2) is 198 Å². The van der Waals surface area contributed by atoms with E-state index in [1.807, 2.05) is 78.9 Å². The molecule has 11 heteroatoms. The summed E-state index contributed by atoms with van der Waals surface area (Å²) in [5.41, 5.74) is 2.84. The summed E-state index contributed by atoms with van der Waals surface area (Å²) in [6.07, 6.45) is -3.30. The molecule has 5 heterocycles. The van der Waals surface area contributed by atoms with Crippen LogP contribution in [0, 0.1) is 0 Å². The van der Waals surface area contributed by atoms with Crippen molar-refractivity contribution in [1.29, 1.82) is 0 Å². The van der Waals surface area contributed by atoms with Crippen molar-refractivity contribution < 1.29 is 19.3 Å². The monoisotopic (exact) mass is 813 g/mol. The Morgan fingerprint density at radius 1 is 0.557 bits per heavy atom. The first kappa shape index (κ1) is 31.1. The zero-order chi connectivity index (χ0) is 44.0. The average molecular weight is 814 g/mol. The highest BCUT2D eigenvalue weighted by Gasteiger charge is 2.50. The molecule has 292 valence electrons. The molecule has 0 atom stereocenters. The van der Waals surface area contributed by atoms with E-state index in [9.17, 15) is 5.48 Å². The predicted octanol–water partition coefficient (Wildman–Crippen LogP) is 7.45. The van der Waals surface area contributed by atoms with E-state index in [2.05, 4.69) is 96.0 Å². The number of fused-ring (bicyclic) bond motifs is 7. The molecule has 1 aliphatic rings. The smallest absolute Gasteiger partial charge is 0.227 e. The van der Waals surface area contributed by atoms with Crippen LogP contribution in [0.1, 0.15) is 28.4 Å². The molecule has 7 aromatic carbocycles. The Labute approximate surface area is 356 Å². The molecule has 0 amide bonds. The number of imidazole rings is 2. The number of ether oxygens (including phenoxy) is 1. The highest BCUT2D eigenvalue weighted by Crippen LogP contribution is 2.51. The van der Waals surface area contributed by atoms with Crippen molar-refractivity contribution in [2.75, 3.05) is 0 Å². The summed E-state index contributed by atoms with van der Waals surface area (Å²) >= 11 is 0. The van der Waals surface area contributed by atoms with Gasteiger partial charge in [0, 0.05) is 40.5 Å². The third-order valence-electron chi connectivity index (χ3n) is 11.7. The fraction of sp³-hybridized carbons (Fsp3) is 0.0600. The van der Waals surface area contributed by atoms with E-state index >= 15 is 0 Å². The van der Waals surface area contributed by atoms with E-state index in [1.165, 1.54) is 0 Å². The summed E-state index contributed by atoms with van der Waals surface area (Å²) in [5.74, 6) is 0.423. The van der Waals surface area contributed by atoms with Crippen LogP contribution in [-0.4, -0.2) is 42.3 Å². The van der Waals surface area contributed by atoms with Gasteiger partial charge in [0.05, 0.1) is 22.1 Å². The summed E-state index contributed by atoms with van der Waals surface area (Å²) in [4.78, 5) is 13.6. The predicted molar refractivity (Wildman–Crippen MR) is 236 cm³/mol. The van der Waals surface area contributed by atoms with Crippen LogP contribution in [-0.2, 0) is 18.2 Å². The number of hydrogen-bond acceptors (Lipinski definition) is 8. The molecular weight excluding hydrogens is 775 g/mol. The SMILES string of the molecule is [2H]C([2H])(c1ncno1)C1(C([2H])([2H])c2ncno2)c2ccccc2Oc2c1cccc2[Si](c1ccccc1)(c1ccccc1)c1cccc(-n2c3ccccc3n3c4ccccc4nc23)c1. The van der Waals surface area contributed by atoms with Gasteiger partial charge >= 0.3 is 0 Å². The maximum atomic E-state index is 10.1. The highest BCUT2D eigenvalue weighted by atomic mass is 28.3. The second kappa shape index (κ2) is 13.9. The van der Waals surface area contributed by atoms with Crippen LogP contribution < -0.4 is 25.5 Å². The van der Waals surface area contributed by atoms with Gasteiger partial charge in [-0.3, -0.25) is 8.97 Å². The van der Waals surface area contributed by atoms with Gasteiger partial charge in [-0.25, -0.2) is 4.98 Å². The molecule has 0 unspecified atom stereocenters.